The van der Waals surface area contributed by atoms with Crippen molar-refractivity contribution in [2.75, 3.05) is 0 Å². The van der Waals surface area contributed by atoms with E-state index >= 15 is 0 Å². The number of amides is 1. The van der Waals surface area contributed by atoms with Gasteiger partial charge in [0.25, 0.3) is 5.56 Å². The van der Waals surface area contributed by atoms with E-state index in [0.29, 0.717) is 12.8 Å². The minimum atomic E-state index is -0.966. The fourth-order valence-electron chi connectivity index (χ4n) is 2.30. The smallest absolute Gasteiger partial charge is 0.328 e. The molecule has 1 heterocycles. The van der Waals surface area contributed by atoms with Gasteiger partial charge in [0.15, 0.2) is 0 Å². The molecule has 2 rings (SSSR count). The predicted octanol–water partition coefficient (Wildman–Crippen LogP) is -0.950. The lowest BCUT2D eigenvalue weighted by Gasteiger charge is -2.41. The Morgan fingerprint density at radius 3 is 2.60 bits per heavy atom. The van der Waals surface area contributed by atoms with Crippen molar-refractivity contribution in [3.63, 3.8) is 0 Å². The van der Waals surface area contributed by atoms with Gasteiger partial charge in [-0.15, -0.1) is 0 Å². The lowest BCUT2D eigenvalue weighted by Crippen LogP contribution is -2.55. The third-order valence-corrected chi connectivity index (χ3v) is 3.42. The van der Waals surface area contributed by atoms with Crippen LogP contribution in [0, 0.1) is 0 Å². The van der Waals surface area contributed by atoms with Gasteiger partial charge in [0.1, 0.15) is 6.54 Å². The number of carbonyl (C=O) groups excluding carboxylic acids is 1. The summed E-state index contributed by atoms with van der Waals surface area (Å²) in [4.78, 5) is 47.1. The average molecular weight is 281 g/mol. The second-order valence-corrected chi connectivity index (χ2v) is 4.99. The molecule has 0 unspecified atom stereocenters. The van der Waals surface area contributed by atoms with Crippen molar-refractivity contribution >= 4 is 11.9 Å². The average Bonchev–Trinajstić information content (AvgIpc) is 2.29. The highest BCUT2D eigenvalue weighted by atomic mass is 16.4. The first kappa shape index (κ1) is 14.0. The molecule has 0 saturated heterocycles. The Balaban J connectivity index is 2.03. The van der Waals surface area contributed by atoms with Gasteiger partial charge in [0.2, 0.25) is 5.91 Å². The van der Waals surface area contributed by atoms with Crippen LogP contribution in [0.25, 0.3) is 0 Å². The number of rotatable bonds is 5. The van der Waals surface area contributed by atoms with Crippen LogP contribution in [0.1, 0.15) is 25.7 Å². The number of carboxylic acids is 1. The van der Waals surface area contributed by atoms with Gasteiger partial charge >= 0.3 is 11.7 Å². The summed E-state index contributed by atoms with van der Waals surface area (Å²) in [5, 5.41) is 11.5. The summed E-state index contributed by atoms with van der Waals surface area (Å²) in [6.45, 7) is -0.253. The summed E-state index contributed by atoms with van der Waals surface area (Å²) in [6, 6.07) is 1.14. The van der Waals surface area contributed by atoms with Gasteiger partial charge in [0.05, 0.1) is 12.0 Å². The predicted molar refractivity (Wildman–Crippen MR) is 68.3 cm³/mol. The number of aromatic nitrogens is 2. The quantitative estimate of drug-likeness (QED) is 0.642. The van der Waals surface area contributed by atoms with Gasteiger partial charge in [0, 0.05) is 12.3 Å². The van der Waals surface area contributed by atoms with E-state index in [0.717, 1.165) is 17.1 Å². The van der Waals surface area contributed by atoms with Crippen molar-refractivity contribution in [1.29, 1.82) is 0 Å². The monoisotopic (exact) mass is 281 g/mol. The number of aliphatic carboxylic acids is 1. The molecule has 20 heavy (non-hydrogen) atoms. The molecule has 108 valence electrons. The van der Waals surface area contributed by atoms with Crippen LogP contribution in [0.2, 0.25) is 0 Å². The fourth-order valence-corrected chi connectivity index (χ4v) is 2.30. The summed E-state index contributed by atoms with van der Waals surface area (Å²) in [5.74, 6) is -1.41. The van der Waals surface area contributed by atoms with Crippen molar-refractivity contribution in [2.45, 2.75) is 37.8 Å². The third kappa shape index (κ3) is 3.14. The topological polar surface area (TPSA) is 121 Å². The normalized spacial score (nSPS) is 16.2. The van der Waals surface area contributed by atoms with Gasteiger partial charge in [-0.3, -0.25) is 23.9 Å². The molecule has 1 aromatic heterocycles. The number of nitrogens with zero attached hydrogens (tertiary/aromatic N) is 1. The molecule has 8 nitrogen and oxygen atoms in total. The fraction of sp³-hybridized carbons (Fsp3) is 0.500. The molecule has 1 fully saturated rings. The molecule has 0 spiro atoms. The molecule has 0 aliphatic heterocycles. The van der Waals surface area contributed by atoms with E-state index in [2.05, 4.69) is 5.32 Å². The molecule has 0 aromatic carbocycles. The van der Waals surface area contributed by atoms with Crippen LogP contribution in [0.3, 0.4) is 0 Å². The van der Waals surface area contributed by atoms with Crippen molar-refractivity contribution in [2.24, 2.45) is 0 Å². The van der Waals surface area contributed by atoms with E-state index in [9.17, 15) is 19.2 Å². The van der Waals surface area contributed by atoms with Crippen LogP contribution < -0.4 is 16.6 Å². The summed E-state index contributed by atoms with van der Waals surface area (Å²) < 4.78 is 1.06. The Morgan fingerprint density at radius 2 is 2.10 bits per heavy atom. The lowest BCUT2D eigenvalue weighted by molar-refractivity contribution is -0.140. The van der Waals surface area contributed by atoms with Crippen LogP contribution in [0.4, 0.5) is 0 Å². The van der Waals surface area contributed by atoms with E-state index in [1.165, 1.54) is 6.20 Å². The first-order valence-corrected chi connectivity index (χ1v) is 6.23. The number of carboxylic acid groups (broad SMARTS) is 1. The molecule has 1 aliphatic rings. The maximum atomic E-state index is 11.9. The van der Waals surface area contributed by atoms with Crippen LogP contribution in [0.5, 0.6) is 0 Å². The molecule has 1 aliphatic carbocycles. The molecule has 0 radical (unpaired) electrons. The number of aromatic amines is 1. The van der Waals surface area contributed by atoms with Crippen molar-refractivity contribution in [3.05, 3.63) is 33.1 Å². The highest BCUT2D eigenvalue weighted by molar-refractivity contribution is 5.78. The van der Waals surface area contributed by atoms with Crippen molar-refractivity contribution < 1.29 is 14.7 Å². The molecule has 0 atom stereocenters. The summed E-state index contributed by atoms with van der Waals surface area (Å²) in [7, 11) is 0. The molecule has 3 N–H and O–H groups in total. The van der Waals surface area contributed by atoms with Gasteiger partial charge in [-0.25, -0.2) is 4.79 Å². The van der Waals surface area contributed by atoms with Gasteiger partial charge < -0.3 is 10.4 Å². The lowest BCUT2D eigenvalue weighted by atomic mass is 9.74. The highest BCUT2D eigenvalue weighted by Gasteiger charge is 2.40. The van der Waals surface area contributed by atoms with Gasteiger partial charge in [-0.2, -0.15) is 0 Å². The number of nitrogens with one attached hydrogen (secondary N) is 2. The summed E-state index contributed by atoms with van der Waals surface area (Å²) in [5.41, 5.74) is -1.91. The van der Waals surface area contributed by atoms with E-state index in [4.69, 9.17) is 5.11 Å². The molecule has 1 saturated carbocycles. The molecule has 0 bridgehead atoms. The molecular weight excluding hydrogens is 266 g/mol. The number of hydrogen-bond acceptors (Lipinski definition) is 4. The first-order valence-electron chi connectivity index (χ1n) is 6.23. The molecule has 1 aromatic rings. The second-order valence-electron chi connectivity index (χ2n) is 4.99. The van der Waals surface area contributed by atoms with Crippen LogP contribution in [0.15, 0.2) is 21.9 Å². The summed E-state index contributed by atoms with van der Waals surface area (Å²) >= 11 is 0. The molecular formula is C12H15N3O5. The maximum Gasteiger partial charge on any atom is 0.328 e. The Labute approximate surface area is 113 Å². The zero-order valence-corrected chi connectivity index (χ0v) is 10.7. The third-order valence-electron chi connectivity index (χ3n) is 3.42. The Kier molecular flexibility index (Phi) is 3.73. The Hall–Kier alpha value is -2.38. The Bertz CT molecular complexity index is 641. The van der Waals surface area contributed by atoms with Crippen LogP contribution >= 0.6 is 0 Å². The molecule has 1 amide bonds. The Morgan fingerprint density at radius 1 is 1.40 bits per heavy atom. The van der Waals surface area contributed by atoms with E-state index in [-0.39, 0.29) is 13.0 Å². The van der Waals surface area contributed by atoms with Crippen LogP contribution in [-0.2, 0) is 16.1 Å². The number of H-pyrrole nitrogens is 1. The SMILES string of the molecule is O=C(O)CC1(NC(=O)Cn2ccc(=O)[nH]c2=O)CCC1. The first-order chi connectivity index (χ1) is 9.40. The zero-order valence-electron chi connectivity index (χ0n) is 10.7. The number of hydrogen-bond donors (Lipinski definition) is 3. The van der Waals surface area contributed by atoms with Crippen molar-refractivity contribution in [1.82, 2.24) is 14.9 Å². The van der Waals surface area contributed by atoms with Gasteiger partial charge in [-0.05, 0) is 19.3 Å². The van der Waals surface area contributed by atoms with Crippen LogP contribution in [-0.4, -0.2) is 32.1 Å². The van der Waals surface area contributed by atoms with Gasteiger partial charge in [-0.1, -0.05) is 0 Å². The van der Waals surface area contributed by atoms with E-state index in [1.807, 2.05) is 4.98 Å². The maximum absolute atomic E-state index is 11.9. The second kappa shape index (κ2) is 5.32. The largest absolute Gasteiger partial charge is 0.481 e. The van der Waals surface area contributed by atoms with E-state index in [1.54, 1.807) is 0 Å². The minimum Gasteiger partial charge on any atom is -0.481 e. The molecule has 8 heteroatoms. The van der Waals surface area contributed by atoms with E-state index < -0.39 is 28.7 Å². The minimum absolute atomic E-state index is 0.126. The summed E-state index contributed by atoms with van der Waals surface area (Å²) in [6.07, 6.45) is 3.20. The standard InChI is InChI=1S/C12H15N3O5/c16-8-2-5-15(11(20)13-8)7-9(17)14-12(3-1-4-12)6-10(18)19/h2,5H,1,3-4,6-7H2,(H,14,17)(H,18,19)(H,13,16,20). The zero-order chi connectivity index (χ0) is 14.8. The van der Waals surface area contributed by atoms with Crippen molar-refractivity contribution in [3.8, 4) is 0 Å². The highest BCUT2D eigenvalue weighted by Crippen LogP contribution is 2.34. The number of carbonyl (C=O) groups is 2.